The smallest absolute Gasteiger partial charge is 0.256 e. The lowest BCUT2D eigenvalue weighted by molar-refractivity contribution is 0.0978. The van der Waals surface area contributed by atoms with Gasteiger partial charge in [-0.25, -0.2) is 0 Å². The molecule has 5 heteroatoms. The summed E-state index contributed by atoms with van der Waals surface area (Å²) in [6, 6.07) is 22.3. The molecule has 0 radical (unpaired) electrons. The molecule has 1 amide bonds. The van der Waals surface area contributed by atoms with Crippen molar-refractivity contribution < 1.29 is 14.4 Å². The van der Waals surface area contributed by atoms with Gasteiger partial charge < -0.3 is 11.1 Å². The third kappa shape index (κ3) is 2.60. The number of hydrogen-bond donors (Lipinski definition) is 2. The van der Waals surface area contributed by atoms with Crippen LogP contribution in [-0.4, -0.2) is 17.5 Å². The zero-order valence-electron chi connectivity index (χ0n) is 15.8. The van der Waals surface area contributed by atoms with E-state index in [1.54, 1.807) is 54.6 Å². The number of benzene rings is 4. The monoisotopic (exact) mass is 392 g/mol. The van der Waals surface area contributed by atoms with Crippen LogP contribution in [0.5, 0.6) is 0 Å². The molecular weight excluding hydrogens is 376 g/mol. The first-order valence-corrected chi connectivity index (χ1v) is 9.46. The summed E-state index contributed by atoms with van der Waals surface area (Å²) < 4.78 is 0. The van der Waals surface area contributed by atoms with Crippen molar-refractivity contribution in [1.29, 1.82) is 0 Å². The van der Waals surface area contributed by atoms with E-state index in [-0.39, 0.29) is 23.0 Å². The molecule has 1 aliphatic carbocycles. The quantitative estimate of drug-likeness (QED) is 0.434. The van der Waals surface area contributed by atoms with E-state index in [1.807, 2.05) is 24.3 Å². The van der Waals surface area contributed by atoms with Crippen molar-refractivity contribution in [2.75, 3.05) is 11.1 Å². The van der Waals surface area contributed by atoms with E-state index in [4.69, 9.17) is 5.73 Å². The van der Waals surface area contributed by atoms with Crippen molar-refractivity contribution in [3.8, 4) is 0 Å². The Morgan fingerprint density at radius 2 is 1.30 bits per heavy atom. The van der Waals surface area contributed by atoms with E-state index < -0.39 is 0 Å². The van der Waals surface area contributed by atoms with Crippen LogP contribution in [0.3, 0.4) is 0 Å². The Bertz CT molecular complexity index is 1390. The van der Waals surface area contributed by atoms with Crippen LogP contribution in [0.15, 0.2) is 78.9 Å². The Morgan fingerprint density at radius 1 is 0.667 bits per heavy atom. The lowest BCUT2D eigenvalue weighted by Gasteiger charge is -2.20. The van der Waals surface area contributed by atoms with E-state index in [0.717, 1.165) is 5.39 Å². The standard InChI is InChI=1S/C25H16N2O3/c26-20-13-12-18(14-6-1-2-7-15(14)20)25(30)27-21-11-5-10-19-22(21)24(29)17-9-4-3-8-16(17)23(19)28/h1-13H,26H2,(H,27,30). The van der Waals surface area contributed by atoms with Crippen molar-refractivity contribution in [3.63, 3.8) is 0 Å². The second-order valence-electron chi connectivity index (χ2n) is 7.13. The van der Waals surface area contributed by atoms with Gasteiger partial charge in [0.2, 0.25) is 0 Å². The first-order valence-electron chi connectivity index (χ1n) is 9.46. The molecule has 0 atom stereocenters. The average Bonchev–Trinajstić information content (AvgIpc) is 2.78. The topological polar surface area (TPSA) is 89.3 Å². The number of rotatable bonds is 2. The summed E-state index contributed by atoms with van der Waals surface area (Å²) in [5, 5.41) is 4.32. The van der Waals surface area contributed by atoms with E-state index >= 15 is 0 Å². The van der Waals surface area contributed by atoms with E-state index in [2.05, 4.69) is 5.32 Å². The summed E-state index contributed by atoms with van der Waals surface area (Å²) in [6.07, 6.45) is 0. The second-order valence-corrected chi connectivity index (χ2v) is 7.13. The molecule has 0 heterocycles. The maximum absolute atomic E-state index is 13.1. The summed E-state index contributed by atoms with van der Waals surface area (Å²) in [5.41, 5.74) is 8.59. The Labute approximate surface area is 172 Å². The molecule has 5 nitrogen and oxygen atoms in total. The average molecular weight is 392 g/mol. The highest BCUT2D eigenvalue weighted by atomic mass is 16.2. The molecule has 5 rings (SSSR count). The van der Waals surface area contributed by atoms with Gasteiger partial charge >= 0.3 is 0 Å². The number of nitrogen functional groups attached to an aromatic ring is 1. The fourth-order valence-electron chi connectivity index (χ4n) is 3.96. The Morgan fingerprint density at radius 3 is 2.07 bits per heavy atom. The predicted molar refractivity (Wildman–Crippen MR) is 116 cm³/mol. The third-order valence-electron chi connectivity index (χ3n) is 5.40. The second kappa shape index (κ2) is 6.67. The van der Waals surface area contributed by atoms with Crippen molar-refractivity contribution in [2.45, 2.75) is 0 Å². The molecule has 0 saturated carbocycles. The summed E-state index contributed by atoms with van der Waals surface area (Å²) >= 11 is 0. The number of nitrogens with two attached hydrogens (primary N) is 1. The first-order chi connectivity index (χ1) is 14.6. The molecule has 3 N–H and O–H groups in total. The van der Waals surface area contributed by atoms with Gasteiger partial charge in [0.15, 0.2) is 11.6 Å². The molecule has 30 heavy (non-hydrogen) atoms. The fourth-order valence-corrected chi connectivity index (χ4v) is 3.96. The zero-order valence-corrected chi connectivity index (χ0v) is 15.8. The third-order valence-corrected chi connectivity index (χ3v) is 5.40. The lowest BCUT2D eigenvalue weighted by Crippen LogP contribution is -2.24. The number of anilines is 2. The normalized spacial score (nSPS) is 12.4. The van der Waals surface area contributed by atoms with E-state index in [1.165, 1.54) is 0 Å². The minimum Gasteiger partial charge on any atom is -0.398 e. The lowest BCUT2D eigenvalue weighted by atomic mass is 9.83. The van der Waals surface area contributed by atoms with E-state index in [0.29, 0.717) is 39.0 Å². The van der Waals surface area contributed by atoms with Gasteiger partial charge in [0.05, 0.1) is 11.3 Å². The van der Waals surface area contributed by atoms with Crippen LogP contribution in [0, 0.1) is 0 Å². The van der Waals surface area contributed by atoms with Crippen LogP contribution in [0.1, 0.15) is 42.2 Å². The SMILES string of the molecule is Nc1ccc(C(=O)Nc2cccc3c2C(=O)c2ccccc2C3=O)c2ccccc12. The Balaban J connectivity index is 1.60. The molecule has 4 aromatic rings. The first kappa shape index (κ1) is 17.8. The van der Waals surface area contributed by atoms with Gasteiger partial charge in [-0.15, -0.1) is 0 Å². The Hall–Kier alpha value is -4.25. The summed E-state index contributed by atoms with van der Waals surface area (Å²) in [7, 11) is 0. The maximum Gasteiger partial charge on any atom is 0.256 e. The predicted octanol–water partition coefficient (Wildman–Crippen LogP) is 4.45. The number of fused-ring (bicyclic) bond motifs is 3. The van der Waals surface area contributed by atoms with Gasteiger partial charge in [-0.2, -0.15) is 0 Å². The van der Waals surface area contributed by atoms with Crippen molar-refractivity contribution in [2.24, 2.45) is 0 Å². The molecule has 0 aromatic heterocycles. The van der Waals surface area contributed by atoms with Crippen molar-refractivity contribution in [1.82, 2.24) is 0 Å². The highest BCUT2D eigenvalue weighted by Crippen LogP contribution is 2.33. The molecule has 0 fully saturated rings. The molecule has 0 bridgehead atoms. The fraction of sp³-hybridized carbons (Fsp3) is 0. The molecule has 0 saturated heterocycles. The van der Waals surface area contributed by atoms with Gasteiger partial charge in [0, 0.05) is 33.3 Å². The number of ketones is 2. The highest BCUT2D eigenvalue weighted by Gasteiger charge is 2.31. The maximum atomic E-state index is 13.1. The Kier molecular flexibility index (Phi) is 3.96. The number of nitrogens with one attached hydrogen (secondary N) is 1. The minimum atomic E-state index is -0.376. The van der Waals surface area contributed by atoms with Crippen LogP contribution in [-0.2, 0) is 0 Å². The molecule has 4 aromatic carbocycles. The van der Waals surface area contributed by atoms with Crippen LogP contribution < -0.4 is 11.1 Å². The van der Waals surface area contributed by atoms with Crippen LogP contribution >= 0.6 is 0 Å². The summed E-state index contributed by atoms with van der Waals surface area (Å²) in [6.45, 7) is 0. The van der Waals surface area contributed by atoms with Crippen LogP contribution in [0.4, 0.5) is 11.4 Å². The summed E-state index contributed by atoms with van der Waals surface area (Å²) in [4.78, 5) is 39.1. The summed E-state index contributed by atoms with van der Waals surface area (Å²) in [5.74, 6) is -0.883. The highest BCUT2D eigenvalue weighted by molar-refractivity contribution is 6.31. The molecule has 144 valence electrons. The van der Waals surface area contributed by atoms with Gasteiger partial charge in [-0.05, 0) is 23.6 Å². The number of hydrogen-bond acceptors (Lipinski definition) is 4. The van der Waals surface area contributed by atoms with Crippen molar-refractivity contribution in [3.05, 3.63) is 107 Å². The van der Waals surface area contributed by atoms with Gasteiger partial charge in [-0.1, -0.05) is 60.7 Å². The molecule has 0 aliphatic heterocycles. The van der Waals surface area contributed by atoms with Gasteiger partial charge in [0.1, 0.15) is 0 Å². The number of amides is 1. The molecule has 0 spiro atoms. The van der Waals surface area contributed by atoms with Gasteiger partial charge in [0.25, 0.3) is 5.91 Å². The zero-order chi connectivity index (χ0) is 20.8. The number of carbonyl (C=O) groups excluding carboxylic acids is 3. The van der Waals surface area contributed by atoms with Gasteiger partial charge in [-0.3, -0.25) is 14.4 Å². The van der Waals surface area contributed by atoms with Crippen LogP contribution in [0.2, 0.25) is 0 Å². The van der Waals surface area contributed by atoms with Crippen LogP contribution in [0.25, 0.3) is 10.8 Å². The largest absolute Gasteiger partial charge is 0.398 e. The molecular formula is C25H16N2O3. The molecule has 1 aliphatic rings. The number of carbonyl (C=O) groups is 3. The molecule has 0 unspecified atom stereocenters. The van der Waals surface area contributed by atoms with E-state index in [9.17, 15) is 14.4 Å². The van der Waals surface area contributed by atoms with Crippen molar-refractivity contribution >= 4 is 39.6 Å². The minimum absolute atomic E-state index is 0.217.